The molecule has 1 aromatic heterocycles. The molecule has 0 aliphatic carbocycles. The zero-order valence-electron chi connectivity index (χ0n) is 12.7. The average molecular weight is 344 g/mol. The van der Waals surface area contributed by atoms with Crippen molar-refractivity contribution in [2.24, 2.45) is 0 Å². The number of nitrogens with two attached hydrogens (primary N) is 1. The Kier molecular flexibility index (Phi) is 3.61. The number of nitrogen functional groups attached to an aromatic ring is 1. The molecular weight excluding hydrogens is 329 g/mol. The highest BCUT2D eigenvalue weighted by Gasteiger charge is 2.31. The van der Waals surface area contributed by atoms with E-state index in [1.807, 2.05) is 24.3 Å². The Morgan fingerprint density at radius 1 is 1.17 bits per heavy atom. The highest BCUT2D eigenvalue weighted by Crippen LogP contribution is 2.39. The molecule has 2 aromatic carbocycles. The standard InChI is InChI=1S/C17H15ClFN5/c18-13-4-2-1-3-12(13)15-9-14(10-5-7-11(19)8-6-10)21-17-22-16(20)23-24(15)17/h1-8,14-15H,9H2,(H3,20,21,22,23)/t14-,15-/m0/s1. The number of hydrogen-bond acceptors (Lipinski definition) is 4. The topological polar surface area (TPSA) is 68.8 Å². The van der Waals surface area contributed by atoms with E-state index in [2.05, 4.69) is 15.4 Å². The summed E-state index contributed by atoms with van der Waals surface area (Å²) >= 11 is 6.38. The summed E-state index contributed by atoms with van der Waals surface area (Å²) in [5, 5.41) is 8.28. The molecule has 4 rings (SSSR count). The fourth-order valence-electron chi connectivity index (χ4n) is 3.11. The van der Waals surface area contributed by atoms with Crippen LogP contribution in [0.4, 0.5) is 16.3 Å². The molecule has 2 atom stereocenters. The minimum atomic E-state index is -0.260. The molecule has 24 heavy (non-hydrogen) atoms. The molecule has 0 amide bonds. The van der Waals surface area contributed by atoms with Crippen molar-refractivity contribution >= 4 is 23.5 Å². The van der Waals surface area contributed by atoms with Gasteiger partial charge in [-0.2, -0.15) is 4.98 Å². The van der Waals surface area contributed by atoms with Gasteiger partial charge in [0.15, 0.2) is 0 Å². The fraction of sp³-hybridized carbons (Fsp3) is 0.176. The lowest BCUT2D eigenvalue weighted by Gasteiger charge is -2.32. The molecule has 3 N–H and O–H groups in total. The van der Waals surface area contributed by atoms with Crippen molar-refractivity contribution < 1.29 is 4.39 Å². The van der Waals surface area contributed by atoms with E-state index in [9.17, 15) is 4.39 Å². The maximum absolute atomic E-state index is 13.2. The van der Waals surface area contributed by atoms with Crippen LogP contribution in [-0.2, 0) is 0 Å². The number of benzene rings is 2. The minimum Gasteiger partial charge on any atom is -0.366 e. The number of rotatable bonds is 2. The molecule has 3 aromatic rings. The molecule has 0 saturated carbocycles. The predicted molar refractivity (Wildman–Crippen MR) is 91.4 cm³/mol. The fourth-order valence-corrected chi connectivity index (χ4v) is 3.37. The molecule has 0 saturated heterocycles. The number of fused-ring (bicyclic) bond motifs is 1. The summed E-state index contributed by atoms with van der Waals surface area (Å²) < 4.78 is 15.0. The summed E-state index contributed by atoms with van der Waals surface area (Å²) in [7, 11) is 0. The molecule has 0 unspecified atom stereocenters. The minimum absolute atomic E-state index is 0.0389. The van der Waals surface area contributed by atoms with E-state index in [1.54, 1.807) is 16.8 Å². The highest BCUT2D eigenvalue weighted by molar-refractivity contribution is 6.31. The maximum Gasteiger partial charge on any atom is 0.241 e. The monoisotopic (exact) mass is 343 g/mol. The Bertz CT molecular complexity index is 877. The number of halogens is 2. The first-order valence-electron chi connectivity index (χ1n) is 7.60. The van der Waals surface area contributed by atoms with E-state index in [1.165, 1.54) is 12.1 Å². The van der Waals surface area contributed by atoms with Gasteiger partial charge in [0.2, 0.25) is 11.9 Å². The van der Waals surface area contributed by atoms with Gasteiger partial charge in [-0.3, -0.25) is 0 Å². The van der Waals surface area contributed by atoms with E-state index in [0.29, 0.717) is 17.4 Å². The van der Waals surface area contributed by atoms with Crippen molar-refractivity contribution in [2.75, 3.05) is 11.1 Å². The zero-order valence-corrected chi connectivity index (χ0v) is 13.4. The van der Waals surface area contributed by atoms with E-state index in [-0.39, 0.29) is 23.8 Å². The van der Waals surface area contributed by atoms with Gasteiger partial charge in [0, 0.05) is 5.02 Å². The van der Waals surface area contributed by atoms with Crippen LogP contribution in [0.2, 0.25) is 5.02 Å². The summed E-state index contributed by atoms with van der Waals surface area (Å²) in [5.41, 5.74) is 7.71. The first kappa shape index (κ1) is 15.0. The molecule has 122 valence electrons. The largest absolute Gasteiger partial charge is 0.366 e. The summed E-state index contributed by atoms with van der Waals surface area (Å²) in [4.78, 5) is 4.25. The van der Waals surface area contributed by atoms with Gasteiger partial charge in [-0.15, -0.1) is 5.10 Å². The Morgan fingerprint density at radius 3 is 2.67 bits per heavy atom. The van der Waals surface area contributed by atoms with Crippen LogP contribution in [0.5, 0.6) is 0 Å². The molecule has 7 heteroatoms. The van der Waals surface area contributed by atoms with Crippen LogP contribution in [0.15, 0.2) is 48.5 Å². The normalized spacial score (nSPS) is 19.6. The van der Waals surface area contributed by atoms with Crippen molar-refractivity contribution in [3.8, 4) is 0 Å². The Labute approximate surface area is 143 Å². The second kappa shape index (κ2) is 5.79. The number of nitrogens with one attached hydrogen (secondary N) is 1. The Morgan fingerprint density at radius 2 is 1.92 bits per heavy atom. The molecule has 0 bridgehead atoms. The zero-order chi connectivity index (χ0) is 16.7. The average Bonchev–Trinajstić information content (AvgIpc) is 2.95. The van der Waals surface area contributed by atoms with E-state index in [4.69, 9.17) is 17.3 Å². The van der Waals surface area contributed by atoms with Gasteiger partial charge >= 0.3 is 0 Å². The van der Waals surface area contributed by atoms with Crippen molar-refractivity contribution in [3.63, 3.8) is 0 Å². The lowest BCUT2D eigenvalue weighted by Crippen LogP contribution is -2.28. The van der Waals surface area contributed by atoms with E-state index < -0.39 is 0 Å². The molecule has 0 fully saturated rings. The van der Waals surface area contributed by atoms with Crippen molar-refractivity contribution in [1.82, 2.24) is 14.8 Å². The van der Waals surface area contributed by atoms with Gasteiger partial charge in [0.25, 0.3) is 0 Å². The summed E-state index contributed by atoms with van der Waals surface area (Å²) in [6.45, 7) is 0. The van der Waals surface area contributed by atoms with Crippen LogP contribution in [-0.4, -0.2) is 14.8 Å². The number of anilines is 2. The van der Waals surface area contributed by atoms with Crippen molar-refractivity contribution in [1.29, 1.82) is 0 Å². The first-order chi connectivity index (χ1) is 11.6. The quantitative estimate of drug-likeness (QED) is 0.742. The highest BCUT2D eigenvalue weighted by atomic mass is 35.5. The van der Waals surface area contributed by atoms with Crippen LogP contribution in [0.25, 0.3) is 0 Å². The second-order valence-electron chi connectivity index (χ2n) is 5.76. The van der Waals surface area contributed by atoms with Crippen LogP contribution in [0, 0.1) is 5.82 Å². The van der Waals surface area contributed by atoms with Crippen LogP contribution in [0.3, 0.4) is 0 Å². The van der Waals surface area contributed by atoms with Gasteiger partial charge in [-0.1, -0.05) is 41.9 Å². The van der Waals surface area contributed by atoms with Crippen molar-refractivity contribution in [2.45, 2.75) is 18.5 Å². The molecule has 0 radical (unpaired) electrons. The molecular formula is C17H15ClFN5. The maximum atomic E-state index is 13.2. The number of nitrogens with zero attached hydrogens (tertiary/aromatic N) is 3. The predicted octanol–water partition coefficient (Wildman–Crippen LogP) is 3.80. The smallest absolute Gasteiger partial charge is 0.241 e. The van der Waals surface area contributed by atoms with E-state index >= 15 is 0 Å². The van der Waals surface area contributed by atoms with Crippen molar-refractivity contribution in [3.05, 3.63) is 70.5 Å². The molecule has 0 spiro atoms. The van der Waals surface area contributed by atoms with Crippen LogP contribution in [0.1, 0.15) is 29.6 Å². The first-order valence-corrected chi connectivity index (χ1v) is 7.98. The SMILES string of the molecule is Nc1nc2n(n1)[C@H](c1ccccc1Cl)C[C@@H](c1ccc(F)cc1)N2. The van der Waals surface area contributed by atoms with Crippen LogP contribution >= 0.6 is 11.6 Å². The Balaban J connectivity index is 1.78. The van der Waals surface area contributed by atoms with E-state index in [0.717, 1.165) is 11.1 Å². The molecule has 5 nitrogen and oxygen atoms in total. The summed E-state index contributed by atoms with van der Waals surface area (Å²) in [5.74, 6) is 0.525. The van der Waals surface area contributed by atoms with Gasteiger partial charge < -0.3 is 11.1 Å². The van der Waals surface area contributed by atoms with Crippen LogP contribution < -0.4 is 11.1 Å². The van der Waals surface area contributed by atoms with Gasteiger partial charge in [-0.05, 0) is 35.7 Å². The third-order valence-electron chi connectivity index (χ3n) is 4.24. The Hall–Kier alpha value is -2.60. The summed E-state index contributed by atoms with van der Waals surface area (Å²) in [6, 6.07) is 14.0. The van der Waals surface area contributed by atoms with Gasteiger partial charge in [0.05, 0.1) is 12.1 Å². The third kappa shape index (κ3) is 2.59. The second-order valence-corrected chi connectivity index (χ2v) is 6.17. The van der Waals surface area contributed by atoms with Gasteiger partial charge in [0.1, 0.15) is 5.82 Å². The lowest BCUT2D eigenvalue weighted by atomic mass is 9.93. The number of aromatic nitrogens is 3. The summed E-state index contributed by atoms with van der Waals surface area (Å²) in [6.07, 6.45) is 0.700. The lowest BCUT2D eigenvalue weighted by molar-refractivity contribution is 0.431. The third-order valence-corrected chi connectivity index (χ3v) is 4.59. The van der Waals surface area contributed by atoms with Gasteiger partial charge in [-0.25, -0.2) is 9.07 Å². The molecule has 2 heterocycles. The molecule has 1 aliphatic heterocycles. The molecule has 1 aliphatic rings. The number of hydrogen-bond donors (Lipinski definition) is 2.